The maximum Gasteiger partial charge on any atom is 0.123 e. The van der Waals surface area contributed by atoms with E-state index in [0.717, 1.165) is 16.9 Å². The number of methoxy groups -OCH3 is 1. The van der Waals surface area contributed by atoms with Gasteiger partial charge >= 0.3 is 0 Å². The van der Waals surface area contributed by atoms with Crippen LogP contribution in [-0.4, -0.2) is 7.11 Å². The van der Waals surface area contributed by atoms with Crippen molar-refractivity contribution in [2.24, 2.45) is 0 Å². The Morgan fingerprint density at radius 2 is 1.47 bits per heavy atom. The molecule has 2 aromatic carbocycles. The molecule has 2 aromatic rings. The lowest BCUT2D eigenvalue weighted by molar-refractivity contribution is 0.410. The monoisotopic (exact) mass is 274 g/mol. The van der Waals surface area contributed by atoms with E-state index in [9.17, 15) is 0 Å². The third-order valence-corrected chi connectivity index (χ3v) is 3.79. The van der Waals surface area contributed by atoms with Gasteiger partial charge in [-0.15, -0.1) is 11.6 Å². The fourth-order valence-corrected chi connectivity index (χ4v) is 2.43. The van der Waals surface area contributed by atoms with Crippen molar-refractivity contribution in [2.75, 3.05) is 7.11 Å². The average Bonchev–Trinajstić information content (AvgIpc) is 2.46. The zero-order chi connectivity index (χ0) is 13.8. The maximum absolute atomic E-state index is 6.57. The molecule has 1 atom stereocenters. The van der Waals surface area contributed by atoms with E-state index in [2.05, 4.69) is 38.1 Å². The molecule has 0 aliphatic rings. The van der Waals surface area contributed by atoms with Crippen LogP contribution in [0.5, 0.6) is 5.75 Å². The molecular formula is C17H19ClO. The van der Waals surface area contributed by atoms with E-state index >= 15 is 0 Å². The lowest BCUT2D eigenvalue weighted by atomic mass is 9.98. The van der Waals surface area contributed by atoms with Crippen molar-refractivity contribution in [1.29, 1.82) is 0 Å². The topological polar surface area (TPSA) is 9.23 Å². The van der Waals surface area contributed by atoms with Crippen LogP contribution in [0.15, 0.2) is 48.5 Å². The highest BCUT2D eigenvalue weighted by atomic mass is 35.5. The van der Waals surface area contributed by atoms with Crippen LogP contribution >= 0.6 is 11.6 Å². The second kappa shape index (κ2) is 6.12. The summed E-state index contributed by atoms with van der Waals surface area (Å²) in [4.78, 5) is 0. The number of hydrogen-bond donors (Lipinski definition) is 0. The molecule has 0 aliphatic carbocycles. The fraction of sp³-hybridized carbons (Fsp3) is 0.294. The van der Waals surface area contributed by atoms with Crippen LogP contribution in [0.3, 0.4) is 0 Å². The second-order valence-electron chi connectivity index (χ2n) is 4.93. The highest BCUT2D eigenvalue weighted by molar-refractivity contribution is 6.22. The molecule has 0 spiro atoms. The highest BCUT2D eigenvalue weighted by Gasteiger charge is 2.15. The van der Waals surface area contributed by atoms with Crippen molar-refractivity contribution in [3.8, 4) is 5.75 Å². The van der Waals surface area contributed by atoms with Gasteiger partial charge in [-0.3, -0.25) is 0 Å². The molecule has 0 saturated heterocycles. The Morgan fingerprint density at radius 3 is 2.05 bits per heavy atom. The molecule has 0 saturated carbocycles. The van der Waals surface area contributed by atoms with Crippen LogP contribution in [0, 0.1) is 0 Å². The van der Waals surface area contributed by atoms with Gasteiger partial charge in [0.25, 0.3) is 0 Å². The van der Waals surface area contributed by atoms with Gasteiger partial charge in [0.05, 0.1) is 12.5 Å². The number of rotatable bonds is 4. The summed E-state index contributed by atoms with van der Waals surface area (Å²) in [5.74, 6) is 1.37. The van der Waals surface area contributed by atoms with Gasteiger partial charge in [-0.1, -0.05) is 56.3 Å². The van der Waals surface area contributed by atoms with Crippen molar-refractivity contribution in [1.82, 2.24) is 0 Å². The largest absolute Gasteiger partial charge is 0.496 e. The molecule has 0 aromatic heterocycles. The van der Waals surface area contributed by atoms with Crippen LogP contribution in [0.1, 0.15) is 41.8 Å². The molecule has 1 unspecified atom stereocenters. The molecule has 0 radical (unpaired) electrons. The predicted octanol–water partition coefficient (Wildman–Crippen LogP) is 5.15. The Bertz CT molecular complexity index is 531. The molecule has 0 N–H and O–H groups in total. The molecule has 1 nitrogen and oxygen atoms in total. The van der Waals surface area contributed by atoms with Gasteiger partial charge in [0.1, 0.15) is 5.75 Å². The first-order valence-corrected chi connectivity index (χ1v) is 6.94. The number of ether oxygens (including phenoxy) is 1. The van der Waals surface area contributed by atoms with Crippen LogP contribution in [0.25, 0.3) is 0 Å². The second-order valence-corrected chi connectivity index (χ2v) is 5.36. The Balaban J connectivity index is 2.30. The van der Waals surface area contributed by atoms with E-state index in [-0.39, 0.29) is 5.38 Å². The third kappa shape index (κ3) is 3.10. The molecule has 2 heteroatoms. The number of benzene rings is 2. The summed E-state index contributed by atoms with van der Waals surface area (Å²) < 4.78 is 5.37. The fourth-order valence-electron chi connectivity index (χ4n) is 2.11. The normalized spacial score (nSPS) is 12.5. The molecule has 0 heterocycles. The molecule has 100 valence electrons. The van der Waals surface area contributed by atoms with Gasteiger partial charge in [-0.05, 0) is 23.1 Å². The maximum atomic E-state index is 6.57. The van der Waals surface area contributed by atoms with Crippen molar-refractivity contribution in [2.45, 2.75) is 25.1 Å². The molecule has 0 fully saturated rings. The molecule has 0 amide bonds. The van der Waals surface area contributed by atoms with Crippen molar-refractivity contribution in [3.63, 3.8) is 0 Å². The number of halogens is 1. The Morgan fingerprint density at radius 1 is 0.895 bits per heavy atom. The zero-order valence-electron chi connectivity index (χ0n) is 11.6. The van der Waals surface area contributed by atoms with Gasteiger partial charge in [-0.25, -0.2) is 0 Å². The summed E-state index contributed by atoms with van der Waals surface area (Å²) in [6, 6.07) is 16.4. The van der Waals surface area contributed by atoms with Gasteiger partial charge in [0, 0.05) is 5.56 Å². The van der Waals surface area contributed by atoms with Crippen LogP contribution in [0.2, 0.25) is 0 Å². The molecular weight excluding hydrogens is 256 g/mol. The van der Waals surface area contributed by atoms with Crippen molar-refractivity contribution >= 4 is 11.6 Å². The first-order valence-electron chi connectivity index (χ1n) is 6.50. The first-order chi connectivity index (χ1) is 9.13. The minimum Gasteiger partial charge on any atom is -0.496 e. The Hall–Kier alpha value is -1.47. The molecule has 0 bridgehead atoms. The van der Waals surface area contributed by atoms with Gasteiger partial charge in [0.15, 0.2) is 0 Å². The number of hydrogen-bond acceptors (Lipinski definition) is 1. The SMILES string of the molecule is COc1ccccc1C(Cl)c1ccc(C(C)C)cc1. The van der Waals surface area contributed by atoms with Crippen LogP contribution < -0.4 is 4.74 Å². The van der Waals surface area contributed by atoms with Crippen LogP contribution in [0.4, 0.5) is 0 Å². The Kier molecular flexibility index (Phi) is 4.49. The lowest BCUT2D eigenvalue weighted by Gasteiger charge is -2.15. The average molecular weight is 275 g/mol. The summed E-state index contributed by atoms with van der Waals surface area (Å²) in [5, 5.41) is -0.183. The molecule has 2 rings (SSSR count). The molecule has 0 aliphatic heterocycles. The van der Waals surface area contributed by atoms with E-state index in [1.807, 2.05) is 24.3 Å². The minimum atomic E-state index is -0.183. The quantitative estimate of drug-likeness (QED) is 0.701. The van der Waals surface area contributed by atoms with Crippen molar-refractivity contribution in [3.05, 3.63) is 65.2 Å². The lowest BCUT2D eigenvalue weighted by Crippen LogP contribution is -1.98. The predicted molar refractivity (Wildman–Crippen MR) is 81.2 cm³/mol. The molecule has 19 heavy (non-hydrogen) atoms. The van der Waals surface area contributed by atoms with Gasteiger partial charge in [0.2, 0.25) is 0 Å². The summed E-state index contributed by atoms with van der Waals surface area (Å²) in [6.07, 6.45) is 0. The first kappa shape index (κ1) is 14.0. The summed E-state index contributed by atoms with van der Waals surface area (Å²) >= 11 is 6.57. The zero-order valence-corrected chi connectivity index (χ0v) is 12.3. The summed E-state index contributed by atoms with van der Waals surface area (Å²) in [7, 11) is 1.67. The number of para-hydroxylation sites is 1. The Labute approximate surface area is 120 Å². The third-order valence-electron chi connectivity index (χ3n) is 3.31. The van der Waals surface area contributed by atoms with E-state index in [1.165, 1.54) is 5.56 Å². The van der Waals surface area contributed by atoms with E-state index in [4.69, 9.17) is 16.3 Å². The van der Waals surface area contributed by atoms with E-state index < -0.39 is 0 Å². The van der Waals surface area contributed by atoms with Gasteiger partial charge in [-0.2, -0.15) is 0 Å². The minimum absolute atomic E-state index is 0.183. The smallest absolute Gasteiger partial charge is 0.123 e. The summed E-state index contributed by atoms with van der Waals surface area (Å²) in [6.45, 7) is 4.38. The van der Waals surface area contributed by atoms with Gasteiger partial charge < -0.3 is 4.74 Å². The summed E-state index contributed by atoms with van der Waals surface area (Å²) in [5.41, 5.74) is 3.42. The van der Waals surface area contributed by atoms with E-state index in [0.29, 0.717) is 5.92 Å². The number of alkyl halides is 1. The highest BCUT2D eigenvalue weighted by Crippen LogP contribution is 2.35. The van der Waals surface area contributed by atoms with E-state index in [1.54, 1.807) is 7.11 Å². The van der Waals surface area contributed by atoms with Crippen LogP contribution in [-0.2, 0) is 0 Å². The van der Waals surface area contributed by atoms with Crippen molar-refractivity contribution < 1.29 is 4.74 Å². The standard InChI is InChI=1S/C17H19ClO/c1-12(2)13-8-10-14(11-9-13)17(18)15-6-4-5-7-16(15)19-3/h4-12,17H,1-3H3.